The number of nitrogens with two attached hydrogens (primary N) is 1. The van der Waals surface area contributed by atoms with Gasteiger partial charge in [0, 0.05) is 53.1 Å². The summed E-state index contributed by atoms with van der Waals surface area (Å²) in [5.74, 6) is -1.33. The largest absolute Gasteiger partial charge is 0.493 e. The number of hydrogen-bond acceptors (Lipinski definition) is 8. The van der Waals surface area contributed by atoms with Crippen molar-refractivity contribution in [2.24, 2.45) is 5.73 Å². The molecule has 6 rings (SSSR count). The number of nitrogens with zero attached hydrogens (tertiary/aromatic N) is 1. The summed E-state index contributed by atoms with van der Waals surface area (Å²) in [5.41, 5.74) is 10.4. The van der Waals surface area contributed by atoms with Crippen LogP contribution in [0.3, 0.4) is 0 Å². The van der Waals surface area contributed by atoms with Crippen LogP contribution >= 0.6 is 11.3 Å². The molecular weight excluding hydrogens is 641 g/mol. The first-order valence-electron chi connectivity index (χ1n) is 16.1. The van der Waals surface area contributed by atoms with Crippen LogP contribution in [0.5, 0.6) is 11.5 Å². The Labute approximate surface area is 287 Å². The van der Waals surface area contributed by atoms with Crippen molar-refractivity contribution < 1.29 is 29.0 Å². The van der Waals surface area contributed by atoms with Gasteiger partial charge in [0.05, 0.1) is 18.9 Å². The van der Waals surface area contributed by atoms with Gasteiger partial charge < -0.3 is 30.9 Å². The van der Waals surface area contributed by atoms with Gasteiger partial charge >= 0.3 is 5.97 Å². The minimum Gasteiger partial charge on any atom is -0.493 e. The quantitative estimate of drug-likeness (QED) is 0.116. The first-order chi connectivity index (χ1) is 23.9. The van der Waals surface area contributed by atoms with E-state index >= 15 is 0 Å². The molecule has 3 aromatic carbocycles. The smallest absolute Gasteiger partial charge is 0.355 e. The number of carboxylic acid groups (broad SMARTS) is 1. The lowest BCUT2D eigenvalue weighted by Gasteiger charge is -2.18. The Morgan fingerprint density at radius 1 is 0.959 bits per heavy atom. The fourth-order valence-electron chi connectivity index (χ4n) is 5.65. The Morgan fingerprint density at radius 2 is 1.80 bits per heavy atom. The Hall–Kier alpha value is -5.52. The molecule has 1 aliphatic heterocycles. The van der Waals surface area contributed by atoms with E-state index in [1.807, 2.05) is 54.8 Å². The van der Waals surface area contributed by atoms with Gasteiger partial charge in [0.1, 0.15) is 17.2 Å². The van der Waals surface area contributed by atoms with Gasteiger partial charge in [0.25, 0.3) is 11.8 Å². The lowest BCUT2D eigenvalue weighted by Crippen LogP contribution is -2.25. The zero-order valence-electron chi connectivity index (χ0n) is 27.0. The number of rotatable bonds is 12. The molecule has 2 aromatic heterocycles. The van der Waals surface area contributed by atoms with Crippen LogP contribution in [-0.4, -0.2) is 47.6 Å². The van der Waals surface area contributed by atoms with Gasteiger partial charge in [-0.25, -0.2) is 9.78 Å². The monoisotopic (exact) mass is 676 g/mol. The Kier molecular flexibility index (Phi) is 10.3. The fourth-order valence-corrected chi connectivity index (χ4v) is 6.63. The van der Waals surface area contributed by atoms with Gasteiger partial charge in [-0.1, -0.05) is 43.3 Å². The molecule has 11 heteroatoms. The fraction of sp³-hybridized carbons (Fsp3) is 0.211. The zero-order valence-corrected chi connectivity index (χ0v) is 27.8. The highest BCUT2D eigenvalue weighted by molar-refractivity contribution is 7.13. The minimum absolute atomic E-state index is 0.0351. The van der Waals surface area contributed by atoms with Gasteiger partial charge in [-0.05, 0) is 71.0 Å². The van der Waals surface area contributed by atoms with Crippen LogP contribution in [0.4, 0.5) is 5.69 Å². The molecule has 0 saturated heterocycles. The van der Waals surface area contributed by atoms with Crippen molar-refractivity contribution in [1.29, 1.82) is 0 Å². The maximum atomic E-state index is 14.3. The number of anilines is 1. The molecule has 0 spiro atoms. The van der Waals surface area contributed by atoms with E-state index < -0.39 is 17.8 Å². The highest BCUT2D eigenvalue weighted by Crippen LogP contribution is 2.43. The van der Waals surface area contributed by atoms with Crippen molar-refractivity contribution in [2.75, 3.05) is 25.1 Å². The first kappa shape index (κ1) is 33.4. The number of carboxylic acids is 1. The lowest BCUT2D eigenvalue weighted by molar-refractivity contribution is 0.0691. The van der Waals surface area contributed by atoms with Gasteiger partial charge in [0.2, 0.25) is 0 Å². The molecule has 49 heavy (non-hydrogen) atoms. The third-order valence-corrected chi connectivity index (χ3v) is 9.15. The van der Waals surface area contributed by atoms with Crippen LogP contribution in [-0.2, 0) is 19.4 Å². The maximum Gasteiger partial charge on any atom is 0.355 e. The SMILES string of the molecule is CCCNC(=O)c1ccc(-c2cc3c(cc2C(=O)Nc2ccc(CN)cc2OCCc2ccccc2)-c2sccc2CCO3)c(C(=O)O)n1. The number of aromatic carboxylic acids is 1. The summed E-state index contributed by atoms with van der Waals surface area (Å²) >= 11 is 1.55. The van der Waals surface area contributed by atoms with Crippen LogP contribution in [0, 0.1) is 0 Å². The van der Waals surface area contributed by atoms with Crippen LogP contribution in [0.25, 0.3) is 21.6 Å². The molecule has 250 valence electrons. The second-order valence-electron chi connectivity index (χ2n) is 11.5. The highest BCUT2D eigenvalue weighted by atomic mass is 32.1. The number of hydrogen-bond donors (Lipinski definition) is 4. The number of fused-ring (bicyclic) bond motifs is 3. The Bertz CT molecular complexity index is 2010. The number of aromatic nitrogens is 1. The average Bonchev–Trinajstić information content (AvgIpc) is 3.52. The van der Waals surface area contributed by atoms with Gasteiger partial charge in [-0.2, -0.15) is 0 Å². The van der Waals surface area contributed by atoms with Crippen molar-refractivity contribution in [3.63, 3.8) is 0 Å². The number of thiophene rings is 1. The third-order valence-electron chi connectivity index (χ3n) is 8.16. The van der Waals surface area contributed by atoms with E-state index in [0.717, 1.165) is 27.1 Å². The van der Waals surface area contributed by atoms with Crippen molar-refractivity contribution in [2.45, 2.75) is 32.7 Å². The molecule has 10 nitrogen and oxygen atoms in total. The Balaban J connectivity index is 1.42. The van der Waals surface area contributed by atoms with E-state index in [9.17, 15) is 19.5 Å². The summed E-state index contributed by atoms with van der Waals surface area (Å²) in [4.78, 5) is 44.8. The summed E-state index contributed by atoms with van der Waals surface area (Å²) in [5, 5.41) is 18.0. The predicted octanol–water partition coefficient (Wildman–Crippen LogP) is 6.58. The van der Waals surface area contributed by atoms with E-state index in [0.29, 0.717) is 68.3 Å². The van der Waals surface area contributed by atoms with Crippen LogP contribution in [0.2, 0.25) is 0 Å². The van der Waals surface area contributed by atoms with Gasteiger partial charge in [0.15, 0.2) is 5.69 Å². The number of nitrogens with one attached hydrogen (secondary N) is 2. The number of carbonyl (C=O) groups is 3. The second kappa shape index (κ2) is 15.1. The molecule has 2 amide bonds. The van der Waals surface area contributed by atoms with Crippen molar-refractivity contribution in [3.8, 4) is 33.1 Å². The number of pyridine rings is 1. The molecule has 0 saturated carbocycles. The number of carbonyl (C=O) groups excluding carboxylic acids is 2. The number of amides is 2. The number of ether oxygens (including phenoxy) is 2. The summed E-state index contributed by atoms with van der Waals surface area (Å²) in [7, 11) is 0. The normalized spacial score (nSPS) is 11.8. The van der Waals surface area contributed by atoms with E-state index in [-0.39, 0.29) is 22.5 Å². The van der Waals surface area contributed by atoms with Crippen molar-refractivity contribution >= 4 is 34.8 Å². The predicted molar refractivity (Wildman–Crippen MR) is 190 cm³/mol. The zero-order chi connectivity index (χ0) is 34.3. The van der Waals surface area contributed by atoms with E-state index in [1.54, 1.807) is 35.6 Å². The Morgan fingerprint density at radius 3 is 2.57 bits per heavy atom. The standard InChI is InChI=1S/C38H36N4O6S/c1-2-15-40-37(44)31-11-9-26(34(41-31)38(45)46)27-21-32-29(35-25(13-17-47-32)14-18-49-35)20-28(27)36(43)42-30-10-8-24(22-39)19-33(30)48-16-12-23-6-4-3-5-7-23/h3-11,14,18-21H,2,12-13,15-17,22,39H2,1H3,(H,40,44)(H,42,43)(H,45,46). The van der Waals surface area contributed by atoms with Crippen LogP contribution in [0.15, 0.2) is 84.2 Å². The third kappa shape index (κ3) is 7.48. The maximum absolute atomic E-state index is 14.3. The number of benzene rings is 3. The summed E-state index contributed by atoms with van der Waals surface area (Å²) < 4.78 is 12.3. The molecule has 0 bridgehead atoms. The molecule has 0 unspecified atom stereocenters. The first-order valence-corrected chi connectivity index (χ1v) is 17.0. The molecule has 5 N–H and O–H groups in total. The molecule has 0 fully saturated rings. The summed E-state index contributed by atoms with van der Waals surface area (Å²) in [6.07, 6.45) is 2.06. The van der Waals surface area contributed by atoms with E-state index in [4.69, 9.17) is 15.2 Å². The molecular formula is C38H36N4O6S. The van der Waals surface area contributed by atoms with Gasteiger partial charge in [-0.15, -0.1) is 11.3 Å². The molecule has 5 aromatic rings. The average molecular weight is 677 g/mol. The van der Waals surface area contributed by atoms with Crippen molar-refractivity contribution in [3.05, 3.63) is 118 Å². The topological polar surface area (TPSA) is 153 Å². The molecule has 0 aliphatic carbocycles. The summed E-state index contributed by atoms with van der Waals surface area (Å²) in [6.45, 7) is 3.41. The second-order valence-corrected chi connectivity index (χ2v) is 12.4. The van der Waals surface area contributed by atoms with Crippen molar-refractivity contribution in [1.82, 2.24) is 10.3 Å². The molecule has 1 aliphatic rings. The lowest BCUT2D eigenvalue weighted by atomic mass is 9.93. The highest BCUT2D eigenvalue weighted by Gasteiger charge is 2.27. The van der Waals surface area contributed by atoms with Gasteiger partial charge in [-0.3, -0.25) is 9.59 Å². The van der Waals surface area contributed by atoms with Crippen LogP contribution in [0.1, 0.15) is 61.4 Å². The van der Waals surface area contributed by atoms with E-state index in [2.05, 4.69) is 15.6 Å². The summed E-state index contributed by atoms with van der Waals surface area (Å²) in [6, 6.07) is 23.7. The molecule has 0 atom stereocenters. The minimum atomic E-state index is -1.34. The van der Waals surface area contributed by atoms with E-state index in [1.165, 1.54) is 12.1 Å². The molecule has 0 radical (unpaired) electrons. The molecule has 3 heterocycles. The van der Waals surface area contributed by atoms with Crippen LogP contribution < -0.4 is 25.8 Å².